The average Bonchev–Trinajstić information content (AvgIpc) is 2.92. The molecule has 1 N–H and O–H groups in total. The first-order chi connectivity index (χ1) is 11.7. The molecule has 0 aliphatic carbocycles. The van der Waals surface area contributed by atoms with E-state index < -0.39 is 0 Å². The van der Waals surface area contributed by atoms with Crippen LogP contribution in [0.25, 0.3) is 0 Å². The Morgan fingerprint density at radius 3 is 2.36 bits per heavy atom. The molecule has 6 nitrogen and oxygen atoms in total. The lowest BCUT2D eigenvalue weighted by molar-refractivity contribution is -0.124. The molecule has 6 heteroatoms. The number of carbonyl (C=O) groups excluding carboxylic acids is 2. The molecule has 2 aliphatic rings. The van der Waals surface area contributed by atoms with E-state index in [1.165, 1.54) is 0 Å². The minimum atomic E-state index is -0.309. The van der Waals surface area contributed by atoms with E-state index >= 15 is 0 Å². The van der Waals surface area contributed by atoms with Crippen molar-refractivity contribution in [3.8, 4) is 0 Å². The molecule has 1 unspecified atom stereocenters. The molecule has 0 saturated carbocycles. The highest BCUT2D eigenvalue weighted by Gasteiger charge is 2.39. The molecule has 0 spiro atoms. The molecule has 3 amide bonds. The molecule has 0 aromatic carbocycles. The van der Waals surface area contributed by atoms with Crippen LogP contribution >= 0.6 is 0 Å². The lowest BCUT2D eigenvalue weighted by Crippen LogP contribution is -2.55. The van der Waals surface area contributed by atoms with Crippen LogP contribution in [0, 0.1) is 11.3 Å². The summed E-state index contributed by atoms with van der Waals surface area (Å²) >= 11 is 0. The zero-order valence-electron chi connectivity index (χ0n) is 16.7. The van der Waals surface area contributed by atoms with Crippen molar-refractivity contribution >= 4 is 11.9 Å². The molecule has 0 radical (unpaired) electrons. The molecule has 25 heavy (non-hydrogen) atoms. The molecule has 0 aromatic heterocycles. The van der Waals surface area contributed by atoms with Gasteiger partial charge in [-0.25, -0.2) is 4.79 Å². The minimum absolute atomic E-state index is 0.0146. The van der Waals surface area contributed by atoms with Crippen LogP contribution in [0.2, 0.25) is 0 Å². The average molecular weight is 353 g/mol. The van der Waals surface area contributed by atoms with Crippen molar-refractivity contribution in [2.75, 3.05) is 46.3 Å². The first kappa shape index (κ1) is 20.0. The Bertz CT molecular complexity index is 467. The van der Waals surface area contributed by atoms with Gasteiger partial charge in [-0.2, -0.15) is 0 Å². The predicted molar refractivity (Wildman–Crippen MR) is 100 cm³/mol. The molecule has 144 valence electrons. The SMILES string of the molecule is C[C@@H]1CC(C(=O)NCCCC(C)(C)C)N(C(=O)N2CCN(C)CC2)C1. The van der Waals surface area contributed by atoms with Gasteiger partial charge in [0.15, 0.2) is 0 Å². The second-order valence-electron chi connectivity index (χ2n) is 9.04. The summed E-state index contributed by atoms with van der Waals surface area (Å²) in [6, 6.07) is -0.274. The Balaban J connectivity index is 1.87. The number of likely N-dealkylation sites (N-methyl/N-ethyl adjacent to an activating group) is 1. The molecule has 2 rings (SSSR count). The maximum Gasteiger partial charge on any atom is 0.320 e. The summed E-state index contributed by atoms with van der Waals surface area (Å²) < 4.78 is 0. The van der Waals surface area contributed by atoms with Gasteiger partial charge in [0, 0.05) is 39.3 Å². The van der Waals surface area contributed by atoms with Crippen molar-refractivity contribution in [3.63, 3.8) is 0 Å². The highest BCUT2D eigenvalue weighted by atomic mass is 16.2. The van der Waals surface area contributed by atoms with Crippen LogP contribution in [0.4, 0.5) is 4.79 Å². The Morgan fingerprint density at radius 1 is 1.12 bits per heavy atom. The molecule has 2 atom stereocenters. The fourth-order valence-corrected chi connectivity index (χ4v) is 3.63. The van der Waals surface area contributed by atoms with Gasteiger partial charge in [-0.3, -0.25) is 4.79 Å². The zero-order chi connectivity index (χ0) is 18.6. The topological polar surface area (TPSA) is 55.9 Å². The number of urea groups is 1. The van der Waals surface area contributed by atoms with Crippen LogP contribution in [0.5, 0.6) is 0 Å². The maximum atomic E-state index is 12.9. The fraction of sp³-hybridized carbons (Fsp3) is 0.895. The van der Waals surface area contributed by atoms with Gasteiger partial charge in [-0.15, -0.1) is 0 Å². The summed E-state index contributed by atoms with van der Waals surface area (Å²) in [7, 11) is 2.08. The van der Waals surface area contributed by atoms with Crippen molar-refractivity contribution < 1.29 is 9.59 Å². The monoisotopic (exact) mass is 352 g/mol. The van der Waals surface area contributed by atoms with Crippen molar-refractivity contribution in [1.29, 1.82) is 0 Å². The highest BCUT2D eigenvalue weighted by molar-refractivity contribution is 5.87. The molecule has 2 heterocycles. The highest BCUT2D eigenvalue weighted by Crippen LogP contribution is 2.25. The summed E-state index contributed by atoms with van der Waals surface area (Å²) in [6.45, 7) is 13.4. The number of rotatable bonds is 4. The fourth-order valence-electron chi connectivity index (χ4n) is 3.63. The van der Waals surface area contributed by atoms with Crippen LogP contribution < -0.4 is 5.32 Å². The summed E-state index contributed by atoms with van der Waals surface area (Å²) in [4.78, 5) is 31.4. The number of nitrogens with zero attached hydrogens (tertiary/aromatic N) is 3. The predicted octanol–water partition coefficient (Wildman–Crippen LogP) is 2.01. The first-order valence-corrected chi connectivity index (χ1v) is 9.69. The van der Waals surface area contributed by atoms with Gasteiger partial charge in [0.1, 0.15) is 6.04 Å². The first-order valence-electron chi connectivity index (χ1n) is 9.69. The second-order valence-corrected chi connectivity index (χ2v) is 9.04. The van der Waals surface area contributed by atoms with E-state index in [1.807, 2.05) is 4.90 Å². The quantitative estimate of drug-likeness (QED) is 0.788. The zero-order valence-corrected chi connectivity index (χ0v) is 16.7. The number of likely N-dealkylation sites (tertiary alicyclic amines) is 1. The molecular formula is C19H36N4O2. The summed E-state index contributed by atoms with van der Waals surface area (Å²) in [5.74, 6) is 0.391. The Kier molecular flexibility index (Phi) is 6.72. The van der Waals surface area contributed by atoms with Crippen LogP contribution in [-0.2, 0) is 4.79 Å². The number of piperazine rings is 1. The van der Waals surface area contributed by atoms with Crippen LogP contribution in [0.1, 0.15) is 47.0 Å². The van der Waals surface area contributed by atoms with E-state index in [1.54, 1.807) is 4.90 Å². The number of carbonyl (C=O) groups is 2. The normalized spacial score (nSPS) is 25.3. The van der Waals surface area contributed by atoms with Crippen molar-refractivity contribution in [3.05, 3.63) is 0 Å². The van der Waals surface area contributed by atoms with Crippen molar-refractivity contribution in [2.24, 2.45) is 11.3 Å². The smallest absolute Gasteiger partial charge is 0.320 e. The van der Waals surface area contributed by atoms with E-state index in [2.05, 4.69) is 45.0 Å². The van der Waals surface area contributed by atoms with Crippen LogP contribution in [0.3, 0.4) is 0 Å². The lowest BCUT2D eigenvalue weighted by atomic mass is 9.91. The third kappa shape index (κ3) is 5.87. The van der Waals surface area contributed by atoms with Crippen molar-refractivity contribution in [1.82, 2.24) is 20.0 Å². The minimum Gasteiger partial charge on any atom is -0.354 e. The standard InChI is InChI=1S/C19H36N4O2/c1-15-13-16(17(24)20-8-6-7-19(2,3)4)23(14-15)18(25)22-11-9-21(5)10-12-22/h15-16H,6-14H2,1-5H3,(H,20,24)/t15-,16?/m1/s1. The van der Waals surface area contributed by atoms with Crippen LogP contribution in [0.15, 0.2) is 0 Å². The summed E-state index contributed by atoms with van der Waals surface area (Å²) in [6.07, 6.45) is 2.83. The van der Waals surface area contributed by atoms with Gasteiger partial charge in [0.2, 0.25) is 5.91 Å². The van der Waals surface area contributed by atoms with Gasteiger partial charge in [-0.05, 0) is 37.6 Å². The van der Waals surface area contributed by atoms with Crippen molar-refractivity contribution in [2.45, 2.75) is 53.0 Å². The maximum absolute atomic E-state index is 12.9. The van der Waals surface area contributed by atoms with Gasteiger partial charge < -0.3 is 20.0 Å². The molecule has 0 aromatic rings. The second kappa shape index (κ2) is 8.39. The summed E-state index contributed by atoms with van der Waals surface area (Å²) in [5, 5.41) is 3.05. The largest absolute Gasteiger partial charge is 0.354 e. The molecule has 2 saturated heterocycles. The Morgan fingerprint density at radius 2 is 1.76 bits per heavy atom. The Labute approximate surface area is 152 Å². The van der Waals surface area contributed by atoms with E-state index in [0.717, 1.165) is 45.4 Å². The van der Waals surface area contributed by atoms with E-state index in [4.69, 9.17) is 0 Å². The van der Waals surface area contributed by atoms with Gasteiger partial charge in [-0.1, -0.05) is 27.7 Å². The number of hydrogen-bond donors (Lipinski definition) is 1. The van der Waals surface area contributed by atoms with Gasteiger partial charge in [0.05, 0.1) is 0 Å². The van der Waals surface area contributed by atoms with E-state index in [-0.39, 0.29) is 23.4 Å². The van der Waals surface area contributed by atoms with E-state index in [9.17, 15) is 9.59 Å². The number of hydrogen-bond acceptors (Lipinski definition) is 3. The number of amides is 3. The lowest BCUT2D eigenvalue weighted by Gasteiger charge is -2.36. The third-order valence-electron chi connectivity index (χ3n) is 5.24. The van der Waals surface area contributed by atoms with Gasteiger partial charge in [0.25, 0.3) is 0 Å². The Hall–Kier alpha value is -1.30. The van der Waals surface area contributed by atoms with Crippen LogP contribution in [-0.4, -0.2) is 79.0 Å². The summed E-state index contributed by atoms with van der Waals surface area (Å²) in [5.41, 5.74) is 0.288. The molecule has 2 aliphatic heterocycles. The van der Waals surface area contributed by atoms with E-state index in [0.29, 0.717) is 19.0 Å². The molecular weight excluding hydrogens is 316 g/mol. The third-order valence-corrected chi connectivity index (χ3v) is 5.24. The number of nitrogens with one attached hydrogen (secondary N) is 1. The van der Waals surface area contributed by atoms with Gasteiger partial charge >= 0.3 is 6.03 Å². The molecule has 2 fully saturated rings. The molecule has 0 bridgehead atoms.